The van der Waals surface area contributed by atoms with Crippen molar-refractivity contribution < 1.29 is 24.8 Å². The number of hydrogen-bond donors (Lipinski definition) is 3. The van der Waals surface area contributed by atoms with Crippen molar-refractivity contribution in [2.45, 2.75) is 104 Å². The van der Waals surface area contributed by atoms with Crippen LogP contribution >= 0.6 is 0 Å². The van der Waals surface area contributed by atoms with Crippen LogP contribution in [-0.2, 0) is 9.47 Å². The zero-order chi connectivity index (χ0) is 26.9. The number of aliphatic hydroxyl groups is 3. The molecule has 2 rings (SSSR count). The molecule has 1 saturated heterocycles. The second-order valence-corrected chi connectivity index (χ2v) is 11.2. The van der Waals surface area contributed by atoms with Gasteiger partial charge in [0.05, 0.1) is 23.7 Å². The Hall–Kier alpha value is -1.50. The van der Waals surface area contributed by atoms with Crippen LogP contribution in [0, 0.1) is 11.3 Å². The molecule has 2 fully saturated rings. The molecule has 0 bridgehead atoms. The highest BCUT2D eigenvalue weighted by molar-refractivity contribution is 5.29. The van der Waals surface area contributed by atoms with E-state index >= 15 is 0 Å². The Balaban J connectivity index is 2.31. The van der Waals surface area contributed by atoms with E-state index in [2.05, 4.69) is 58.1 Å². The first-order chi connectivity index (χ1) is 17.0. The van der Waals surface area contributed by atoms with Gasteiger partial charge in [-0.15, -0.1) is 0 Å². The number of hydrogen-bond acceptors (Lipinski definition) is 5. The fourth-order valence-electron chi connectivity index (χ4n) is 6.10. The second kappa shape index (κ2) is 13.9. The number of rotatable bonds is 11. The van der Waals surface area contributed by atoms with Gasteiger partial charge in [0, 0.05) is 13.7 Å². The van der Waals surface area contributed by atoms with Gasteiger partial charge in [0.15, 0.2) is 6.29 Å². The summed E-state index contributed by atoms with van der Waals surface area (Å²) in [4.78, 5) is 0. The maximum Gasteiger partial charge on any atom is 0.166 e. The van der Waals surface area contributed by atoms with Crippen LogP contribution in [0.3, 0.4) is 0 Å². The Morgan fingerprint density at radius 3 is 2.50 bits per heavy atom. The van der Waals surface area contributed by atoms with E-state index in [1.165, 1.54) is 16.7 Å². The van der Waals surface area contributed by atoms with Gasteiger partial charge in [-0.25, -0.2) is 0 Å². The first-order valence-electron chi connectivity index (χ1n) is 13.5. The molecule has 0 radical (unpaired) electrons. The third-order valence-corrected chi connectivity index (χ3v) is 8.11. The largest absolute Gasteiger partial charge is 0.396 e. The van der Waals surface area contributed by atoms with E-state index in [0.717, 1.165) is 30.4 Å². The Morgan fingerprint density at radius 1 is 1.17 bits per heavy atom. The summed E-state index contributed by atoms with van der Waals surface area (Å²) in [7, 11) is 1.64. The van der Waals surface area contributed by atoms with Crippen molar-refractivity contribution in [2.75, 3.05) is 20.3 Å². The van der Waals surface area contributed by atoms with Crippen molar-refractivity contribution in [3.05, 3.63) is 58.2 Å². The van der Waals surface area contributed by atoms with Crippen LogP contribution in [-0.4, -0.2) is 53.6 Å². The van der Waals surface area contributed by atoms with E-state index < -0.39 is 17.3 Å². The Bertz CT molecular complexity index is 871. The van der Waals surface area contributed by atoms with Crippen LogP contribution < -0.4 is 0 Å². The van der Waals surface area contributed by atoms with Crippen molar-refractivity contribution in [3.8, 4) is 0 Å². The second-order valence-electron chi connectivity index (χ2n) is 11.2. The van der Waals surface area contributed by atoms with E-state index in [1.807, 2.05) is 13.8 Å². The van der Waals surface area contributed by atoms with Crippen LogP contribution in [0.5, 0.6) is 0 Å². The molecule has 5 nitrogen and oxygen atoms in total. The number of aliphatic hydroxyl groups excluding tert-OH is 2. The molecule has 204 valence electrons. The summed E-state index contributed by atoms with van der Waals surface area (Å²) < 4.78 is 12.3. The van der Waals surface area contributed by atoms with Crippen molar-refractivity contribution in [2.24, 2.45) is 11.3 Å². The van der Waals surface area contributed by atoms with Gasteiger partial charge in [0.2, 0.25) is 0 Å². The van der Waals surface area contributed by atoms with Crippen molar-refractivity contribution in [1.29, 1.82) is 0 Å². The zero-order valence-electron chi connectivity index (χ0n) is 23.6. The van der Waals surface area contributed by atoms with Crippen molar-refractivity contribution >= 4 is 0 Å². The molecule has 1 saturated carbocycles. The maximum atomic E-state index is 11.8. The lowest BCUT2D eigenvalue weighted by atomic mass is 9.53. The molecule has 1 aliphatic carbocycles. The number of allylic oxidation sites excluding steroid dienone is 8. The standard InChI is InChI=1S/C31H50O5/c1-22(2)11-8-12-23(3)13-9-14-24(4)19-26-20-31(29(35-7)36-26)28(15-10-18-32)27(25(5)21-33)16-17-30(31,6)34/h9,11,13-14,19,26,28-29,32-34H,8,10,12,15-18,20-21H2,1-7H3/b14-9+,23-13+,24-19+,27-25-/t26?,28?,29-,30-,31-/m0/s1. The molecule has 5 heteroatoms. The normalized spacial score (nSPS) is 33.0. The molecule has 1 heterocycles. The fourth-order valence-corrected chi connectivity index (χ4v) is 6.10. The minimum atomic E-state index is -0.996. The van der Waals surface area contributed by atoms with Gasteiger partial charge in [0.25, 0.3) is 0 Å². The Kier molecular flexibility index (Phi) is 11.8. The van der Waals surface area contributed by atoms with Crippen LogP contribution in [0.2, 0.25) is 0 Å². The molecule has 0 aromatic heterocycles. The molecule has 2 unspecified atom stereocenters. The lowest BCUT2D eigenvalue weighted by molar-refractivity contribution is -0.231. The summed E-state index contributed by atoms with van der Waals surface area (Å²) in [5, 5.41) is 31.3. The van der Waals surface area contributed by atoms with Crippen LogP contribution in [0.1, 0.15) is 86.5 Å². The molecule has 1 spiro atoms. The van der Waals surface area contributed by atoms with E-state index in [1.54, 1.807) is 7.11 Å². The average Bonchev–Trinajstić information content (AvgIpc) is 3.18. The maximum absolute atomic E-state index is 11.8. The molecule has 36 heavy (non-hydrogen) atoms. The number of methoxy groups -OCH3 is 1. The third kappa shape index (κ3) is 7.29. The van der Waals surface area contributed by atoms with E-state index in [9.17, 15) is 15.3 Å². The van der Waals surface area contributed by atoms with Crippen molar-refractivity contribution in [1.82, 2.24) is 0 Å². The summed E-state index contributed by atoms with van der Waals surface area (Å²) in [6, 6.07) is 0. The number of ether oxygens (including phenoxy) is 2. The average molecular weight is 503 g/mol. The van der Waals surface area contributed by atoms with Gasteiger partial charge in [-0.3, -0.25) is 0 Å². The third-order valence-electron chi connectivity index (χ3n) is 8.11. The molecular weight excluding hydrogens is 452 g/mol. The highest BCUT2D eigenvalue weighted by Gasteiger charge is 2.64. The topological polar surface area (TPSA) is 79.2 Å². The van der Waals surface area contributed by atoms with Crippen molar-refractivity contribution in [3.63, 3.8) is 0 Å². The summed E-state index contributed by atoms with van der Waals surface area (Å²) in [5.41, 5.74) is 4.27. The first kappa shape index (κ1) is 30.7. The lowest BCUT2D eigenvalue weighted by Crippen LogP contribution is -2.59. The molecule has 5 atom stereocenters. The molecule has 0 aromatic rings. The quantitative estimate of drug-likeness (QED) is 0.233. The summed E-state index contributed by atoms with van der Waals surface area (Å²) in [6.07, 6.45) is 15.4. The summed E-state index contributed by atoms with van der Waals surface area (Å²) >= 11 is 0. The molecule has 0 aromatic carbocycles. The predicted molar refractivity (Wildman–Crippen MR) is 147 cm³/mol. The Labute approximate surface area is 219 Å². The van der Waals surface area contributed by atoms with Gasteiger partial charge in [0.1, 0.15) is 0 Å². The van der Waals surface area contributed by atoms with Crippen LogP contribution in [0.15, 0.2) is 58.2 Å². The van der Waals surface area contributed by atoms with E-state index in [0.29, 0.717) is 25.7 Å². The Morgan fingerprint density at radius 2 is 1.89 bits per heavy atom. The highest BCUT2D eigenvalue weighted by Crippen LogP contribution is 2.61. The van der Waals surface area contributed by atoms with Gasteiger partial charge in [-0.1, -0.05) is 52.7 Å². The van der Waals surface area contributed by atoms with E-state index in [-0.39, 0.29) is 25.2 Å². The summed E-state index contributed by atoms with van der Waals surface area (Å²) in [6.45, 7) is 12.4. The SMILES string of the molecule is CO[C@H]1OC(/C=C(C)/C=C/C=C(\C)CCC=C(C)C)C[C@]12C(CCCO)/C(=C(/C)CO)CC[C@]2(C)O. The molecule has 3 N–H and O–H groups in total. The van der Waals surface area contributed by atoms with Gasteiger partial charge >= 0.3 is 0 Å². The fraction of sp³-hybridized carbons (Fsp3) is 0.677. The molecule has 2 aliphatic rings. The molecule has 1 aliphatic heterocycles. The highest BCUT2D eigenvalue weighted by atomic mass is 16.7. The minimum absolute atomic E-state index is 0.00378. The minimum Gasteiger partial charge on any atom is -0.396 e. The summed E-state index contributed by atoms with van der Waals surface area (Å²) in [5.74, 6) is -0.0360. The van der Waals surface area contributed by atoms with E-state index in [4.69, 9.17) is 9.47 Å². The lowest BCUT2D eigenvalue weighted by Gasteiger charge is -2.54. The molecular formula is C31H50O5. The first-order valence-corrected chi connectivity index (χ1v) is 13.5. The monoisotopic (exact) mass is 502 g/mol. The zero-order valence-corrected chi connectivity index (χ0v) is 23.6. The van der Waals surface area contributed by atoms with Crippen LogP contribution in [0.25, 0.3) is 0 Å². The van der Waals surface area contributed by atoms with Gasteiger partial charge < -0.3 is 24.8 Å². The van der Waals surface area contributed by atoms with Gasteiger partial charge in [-0.05, 0) is 98.0 Å². The van der Waals surface area contributed by atoms with Gasteiger partial charge in [-0.2, -0.15) is 0 Å². The molecule has 0 amide bonds. The smallest absolute Gasteiger partial charge is 0.166 e. The van der Waals surface area contributed by atoms with Crippen LogP contribution in [0.4, 0.5) is 0 Å². The predicted octanol–water partition coefficient (Wildman–Crippen LogP) is 6.17.